The van der Waals surface area contributed by atoms with Gasteiger partial charge in [0, 0.05) is 6.61 Å². The zero-order valence-electron chi connectivity index (χ0n) is 8.29. The first-order chi connectivity index (χ1) is 6.43. The molecule has 0 bridgehead atoms. The highest BCUT2D eigenvalue weighted by atomic mass is 16.7. The van der Waals surface area contributed by atoms with Crippen LogP contribution in [-0.2, 0) is 9.47 Å². The van der Waals surface area contributed by atoms with Crippen molar-refractivity contribution in [1.29, 1.82) is 0 Å². The fourth-order valence-corrected chi connectivity index (χ4v) is 1.24. The number of ether oxygens (including phenoxy) is 2. The third-order valence-corrected chi connectivity index (χ3v) is 1.98. The van der Waals surface area contributed by atoms with E-state index in [4.69, 9.17) is 9.47 Å². The van der Waals surface area contributed by atoms with Gasteiger partial charge in [-0.15, -0.1) is 0 Å². The standard InChI is InChI=1S/C11H18O2/c1-2-12-10-13-9-8-11-6-4-3-5-7-11/h4,6-7H,2-3,5,8-10H2,1H3. The van der Waals surface area contributed by atoms with Crippen molar-refractivity contribution in [1.82, 2.24) is 0 Å². The maximum atomic E-state index is 5.28. The summed E-state index contributed by atoms with van der Waals surface area (Å²) in [4.78, 5) is 0. The molecule has 0 radical (unpaired) electrons. The Balaban J connectivity index is 1.99. The van der Waals surface area contributed by atoms with Crippen molar-refractivity contribution in [2.75, 3.05) is 20.0 Å². The first kappa shape index (κ1) is 10.5. The van der Waals surface area contributed by atoms with E-state index in [1.807, 2.05) is 6.92 Å². The quantitative estimate of drug-likeness (QED) is 0.464. The summed E-state index contributed by atoms with van der Waals surface area (Å²) in [5, 5.41) is 0. The monoisotopic (exact) mass is 182 g/mol. The fourth-order valence-electron chi connectivity index (χ4n) is 1.24. The van der Waals surface area contributed by atoms with Crippen molar-refractivity contribution in [2.45, 2.75) is 26.2 Å². The molecule has 0 unspecified atom stereocenters. The molecule has 0 saturated carbocycles. The van der Waals surface area contributed by atoms with E-state index in [9.17, 15) is 0 Å². The van der Waals surface area contributed by atoms with Crippen molar-refractivity contribution in [3.8, 4) is 0 Å². The normalized spacial score (nSPS) is 15.9. The van der Waals surface area contributed by atoms with Crippen molar-refractivity contribution < 1.29 is 9.47 Å². The Hall–Kier alpha value is -0.600. The molecule has 2 heteroatoms. The van der Waals surface area contributed by atoms with Crippen molar-refractivity contribution in [3.05, 3.63) is 23.8 Å². The second-order valence-electron chi connectivity index (χ2n) is 3.03. The second kappa shape index (κ2) is 6.87. The van der Waals surface area contributed by atoms with Crippen molar-refractivity contribution >= 4 is 0 Å². The molecule has 0 N–H and O–H groups in total. The van der Waals surface area contributed by atoms with Crippen molar-refractivity contribution in [3.63, 3.8) is 0 Å². The highest BCUT2D eigenvalue weighted by Crippen LogP contribution is 2.12. The molecule has 13 heavy (non-hydrogen) atoms. The van der Waals surface area contributed by atoms with Gasteiger partial charge >= 0.3 is 0 Å². The Kier molecular flexibility index (Phi) is 5.54. The second-order valence-corrected chi connectivity index (χ2v) is 3.03. The van der Waals surface area contributed by atoms with Crippen LogP contribution in [0.15, 0.2) is 23.8 Å². The summed E-state index contributed by atoms with van der Waals surface area (Å²) in [6.45, 7) is 3.88. The van der Waals surface area contributed by atoms with Gasteiger partial charge in [0.25, 0.3) is 0 Å². The van der Waals surface area contributed by atoms with E-state index in [1.165, 1.54) is 18.4 Å². The summed E-state index contributed by atoms with van der Waals surface area (Å²) < 4.78 is 10.3. The van der Waals surface area contributed by atoms with E-state index >= 15 is 0 Å². The molecule has 1 aliphatic carbocycles. The Morgan fingerprint density at radius 1 is 1.31 bits per heavy atom. The number of hydrogen-bond acceptors (Lipinski definition) is 2. The molecule has 0 spiro atoms. The Bertz CT molecular complexity index is 183. The minimum absolute atomic E-state index is 0.424. The predicted molar refractivity (Wildman–Crippen MR) is 53.5 cm³/mol. The highest BCUT2D eigenvalue weighted by Gasteiger charge is 1.96. The lowest BCUT2D eigenvalue weighted by Crippen LogP contribution is -2.02. The molecule has 2 nitrogen and oxygen atoms in total. The van der Waals surface area contributed by atoms with E-state index in [1.54, 1.807) is 0 Å². The molecule has 0 aromatic heterocycles. The molecule has 0 amide bonds. The van der Waals surface area contributed by atoms with Crippen LogP contribution < -0.4 is 0 Å². The maximum absolute atomic E-state index is 5.28. The van der Waals surface area contributed by atoms with Crippen molar-refractivity contribution in [2.24, 2.45) is 0 Å². The Labute approximate surface area is 80.2 Å². The molecule has 0 fully saturated rings. The molecule has 0 aromatic rings. The molecule has 0 atom stereocenters. The number of allylic oxidation sites excluding steroid dienone is 3. The van der Waals surface area contributed by atoms with Gasteiger partial charge < -0.3 is 9.47 Å². The van der Waals surface area contributed by atoms with Crippen LogP contribution in [0.25, 0.3) is 0 Å². The molecule has 0 saturated heterocycles. The van der Waals surface area contributed by atoms with Crippen LogP contribution in [0.2, 0.25) is 0 Å². The zero-order chi connectivity index (χ0) is 9.36. The first-order valence-electron chi connectivity index (χ1n) is 4.94. The Morgan fingerprint density at radius 3 is 2.92 bits per heavy atom. The predicted octanol–water partition coefficient (Wildman–Crippen LogP) is 2.66. The van der Waals surface area contributed by atoms with Crippen LogP contribution in [0.1, 0.15) is 26.2 Å². The van der Waals surface area contributed by atoms with E-state index in [0.29, 0.717) is 6.79 Å². The topological polar surface area (TPSA) is 18.5 Å². The summed E-state index contributed by atoms with van der Waals surface area (Å²) in [7, 11) is 0. The maximum Gasteiger partial charge on any atom is 0.146 e. The lowest BCUT2D eigenvalue weighted by atomic mass is 10.1. The minimum atomic E-state index is 0.424. The minimum Gasteiger partial charge on any atom is -0.356 e. The molecule has 0 heterocycles. The van der Waals surface area contributed by atoms with Crippen LogP contribution in [0.4, 0.5) is 0 Å². The van der Waals surface area contributed by atoms with E-state index in [0.717, 1.165) is 19.6 Å². The molecule has 1 aliphatic rings. The summed E-state index contributed by atoms with van der Waals surface area (Å²) in [5.41, 5.74) is 1.39. The average Bonchev–Trinajstić information content (AvgIpc) is 2.19. The van der Waals surface area contributed by atoms with Gasteiger partial charge in [0.15, 0.2) is 0 Å². The van der Waals surface area contributed by atoms with Gasteiger partial charge in [-0.1, -0.05) is 23.8 Å². The molecule has 1 rings (SSSR count). The molecule has 0 aliphatic heterocycles. The summed E-state index contributed by atoms with van der Waals surface area (Å²) in [5.74, 6) is 0. The van der Waals surface area contributed by atoms with Crippen LogP contribution in [-0.4, -0.2) is 20.0 Å². The van der Waals surface area contributed by atoms with Crippen LogP contribution >= 0.6 is 0 Å². The summed E-state index contributed by atoms with van der Waals surface area (Å²) in [6, 6.07) is 0. The number of hydrogen-bond donors (Lipinski definition) is 0. The number of rotatable bonds is 6. The van der Waals surface area contributed by atoms with Crippen LogP contribution in [0, 0.1) is 0 Å². The van der Waals surface area contributed by atoms with Gasteiger partial charge in [0.05, 0.1) is 6.61 Å². The van der Waals surface area contributed by atoms with Crippen LogP contribution in [0.3, 0.4) is 0 Å². The average molecular weight is 182 g/mol. The lowest BCUT2D eigenvalue weighted by molar-refractivity contribution is -0.0480. The lowest BCUT2D eigenvalue weighted by Gasteiger charge is -2.07. The fraction of sp³-hybridized carbons (Fsp3) is 0.636. The third-order valence-electron chi connectivity index (χ3n) is 1.98. The SMILES string of the molecule is CCOCOCCC1=CCCC=C1. The zero-order valence-corrected chi connectivity index (χ0v) is 8.29. The molecular weight excluding hydrogens is 164 g/mol. The smallest absolute Gasteiger partial charge is 0.146 e. The van der Waals surface area contributed by atoms with E-state index in [-0.39, 0.29) is 0 Å². The Morgan fingerprint density at radius 2 is 2.23 bits per heavy atom. The molecule has 74 valence electrons. The van der Waals surface area contributed by atoms with E-state index < -0.39 is 0 Å². The van der Waals surface area contributed by atoms with E-state index in [2.05, 4.69) is 18.2 Å². The summed E-state index contributed by atoms with van der Waals surface area (Å²) >= 11 is 0. The highest BCUT2D eigenvalue weighted by molar-refractivity contribution is 5.21. The largest absolute Gasteiger partial charge is 0.356 e. The molecule has 0 aromatic carbocycles. The van der Waals surface area contributed by atoms with Gasteiger partial charge in [-0.05, 0) is 26.2 Å². The van der Waals surface area contributed by atoms with Gasteiger partial charge in [-0.2, -0.15) is 0 Å². The molecular formula is C11H18O2. The van der Waals surface area contributed by atoms with Gasteiger partial charge in [0.1, 0.15) is 6.79 Å². The summed E-state index contributed by atoms with van der Waals surface area (Å²) in [6.07, 6.45) is 10.1. The van der Waals surface area contributed by atoms with Gasteiger partial charge in [0.2, 0.25) is 0 Å². The van der Waals surface area contributed by atoms with Gasteiger partial charge in [-0.3, -0.25) is 0 Å². The third kappa shape index (κ3) is 4.86. The first-order valence-corrected chi connectivity index (χ1v) is 4.94. The van der Waals surface area contributed by atoms with Gasteiger partial charge in [-0.25, -0.2) is 0 Å². The van der Waals surface area contributed by atoms with Crippen LogP contribution in [0.5, 0.6) is 0 Å².